The Morgan fingerprint density at radius 2 is 1.49 bits per heavy atom. The van der Waals surface area contributed by atoms with E-state index in [9.17, 15) is 14.4 Å². The molecule has 2 amide bonds. The van der Waals surface area contributed by atoms with Gasteiger partial charge in [0.15, 0.2) is 0 Å². The van der Waals surface area contributed by atoms with Gasteiger partial charge in [-0.15, -0.1) is 0 Å². The summed E-state index contributed by atoms with van der Waals surface area (Å²) in [6, 6.07) is 20.2. The quantitative estimate of drug-likeness (QED) is 0.293. The average Bonchev–Trinajstić information content (AvgIpc) is 2.88. The monoisotopic (exact) mass is 512 g/mol. The van der Waals surface area contributed by atoms with Gasteiger partial charge in [-0.25, -0.2) is 0 Å². The lowest BCUT2D eigenvalue weighted by Crippen LogP contribution is -2.51. The minimum absolute atomic E-state index is 0.0143. The maximum absolute atomic E-state index is 13.6. The van der Waals surface area contributed by atoms with Crippen molar-refractivity contribution in [3.63, 3.8) is 0 Å². The van der Waals surface area contributed by atoms with Gasteiger partial charge in [0.05, 0.1) is 6.61 Å². The number of ether oxygens (including phenoxy) is 2. The van der Waals surface area contributed by atoms with E-state index in [2.05, 4.69) is 43.1 Å². The van der Waals surface area contributed by atoms with Crippen molar-refractivity contribution in [3.05, 3.63) is 71.8 Å². The van der Waals surface area contributed by atoms with Crippen LogP contribution in [-0.2, 0) is 29.3 Å². The van der Waals surface area contributed by atoms with Crippen molar-refractivity contribution in [1.82, 2.24) is 10.6 Å². The first-order valence-electron chi connectivity index (χ1n) is 12.8. The van der Waals surface area contributed by atoms with Crippen molar-refractivity contribution in [2.45, 2.75) is 46.5 Å². The Bertz CT molecular complexity index is 890. The van der Waals surface area contributed by atoms with Crippen LogP contribution in [0.2, 0.25) is 0 Å². The summed E-state index contributed by atoms with van der Waals surface area (Å²) in [5.41, 5.74) is 1.18. The van der Waals surface area contributed by atoms with Crippen LogP contribution < -0.4 is 10.6 Å². The van der Waals surface area contributed by atoms with Crippen molar-refractivity contribution in [1.29, 1.82) is 0 Å². The maximum atomic E-state index is 13.6. The molecule has 7 nitrogen and oxygen atoms in total. The third-order valence-corrected chi connectivity index (χ3v) is 5.94. The van der Waals surface area contributed by atoms with Crippen LogP contribution in [0.3, 0.4) is 0 Å². The minimum Gasteiger partial charge on any atom is -0.384 e. The molecule has 0 radical (unpaired) electrons. The molecular formula is C30H44N2O5. The van der Waals surface area contributed by atoms with Crippen molar-refractivity contribution in [2.24, 2.45) is 11.3 Å². The topological polar surface area (TPSA) is 93.7 Å². The van der Waals surface area contributed by atoms with Gasteiger partial charge in [-0.2, -0.15) is 0 Å². The summed E-state index contributed by atoms with van der Waals surface area (Å²) in [4.78, 5) is 34.1. The largest absolute Gasteiger partial charge is 0.384 e. The highest BCUT2D eigenvalue weighted by molar-refractivity contribution is 5.92. The van der Waals surface area contributed by atoms with Gasteiger partial charge < -0.3 is 24.9 Å². The Kier molecular flexibility index (Phi) is 14.4. The van der Waals surface area contributed by atoms with Crippen LogP contribution in [0, 0.1) is 11.3 Å². The van der Waals surface area contributed by atoms with Crippen molar-refractivity contribution in [2.75, 3.05) is 40.0 Å². The Hall–Kier alpha value is -3.03. The van der Waals surface area contributed by atoms with E-state index < -0.39 is 5.41 Å². The second-order valence-corrected chi connectivity index (χ2v) is 10.0. The zero-order chi connectivity index (χ0) is 27.7. The number of nitrogens with one attached hydrogen (secondary N) is 2. The molecule has 2 rings (SSSR count). The highest BCUT2D eigenvalue weighted by atomic mass is 16.5. The second-order valence-electron chi connectivity index (χ2n) is 10.0. The minimum atomic E-state index is -0.730. The van der Waals surface area contributed by atoms with E-state index in [4.69, 9.17) is 4.74 Å². The molecule has 0 aliphatic carbocycles. The molecule has 0 aliphatic rings. The van der Waals surface area contributed by atoms with Crippen LogP contribution in [0.1, 0.15) is 52.2 Å². The lowest BCUT2D eigenvalue weighted by Gasteiger charge is -2.38. The third-order valence-electron chi connectivity index (χ3n) is 5.94. The summed E-state index contributed by atoms with van der Waals surface area (Å²) in [6.45, 7) is 12.2. The summed E-state index contributed by atoms with van der Waals surface area (Å²) in [5.74, 6) is -0.0411. The number of amides is 2. The Morgan fingerprint density at radius 1 is 0.946 bits per heavy atom. The molecule has 204 valence electrons. The second kappa shape index (κ2) is 16.7. The van der Waals surface area contributed by atoms with E-state index >= 15 is 0 Å². The highest BCUT2D eigenvalue weighted by Gasteiger charge is 2.45. The van der Waals surface area contributed by atoms with E-state index in [1.54, 1.807) is 7.11 Å². The molecule has 0 aromatic heterocycles. The number of hydrogen-bond donors (Lipinski definition) is 2. The number of benzene rings is 2. The summed E-state index contributed by atoms with van der Waals surface area (Å²) >= 11 is 0. The van der Waals surface area contributed by atoms with Gasteiger partial charge in [0, 0.05) is 25.6 Å². The molecule has 0 saturated carbocycles. The van der Waals surface area contributed by atoms with Gasteiger partial charge >= 0.3 is 0 Å². The molecule has 0 fully saturated rings. The van der Waals surface area contributed by atoms with Crippen LogP contribution in [-0.4, -0.2) is 58.1 Å². The van der Waals surface area contributed by atoms with E-state index in [-0.39, 0.29) is 36.4 Å². The zero-order valence-corrected chi connectivity index (χ0v) is 23.2. The number of carbonyl (C=O) groups excluding carboxylic acids is 3. The molecule has 2 aromatic carbocycles. The number of methoxy groups -OCH3 is 1. The van der Waals surface area contributed by atoms with E-state index in [0.29, 0.717) is 26.0 Å². The van der Waals surface area contributed by atoms with Crippen LogP contribution in [0.15, 0.2) is 60.7 Å². The molecule has 0 atom stereocenters. The predicted octanol–water partition coefficient (Wildman–Crippen LogP) is 4.15. The summed E-state index contributed by atoms with van der Waals surface area (Å²) in [6.07, 6.45) is 1.52. The van der Waals surface area contributed by atoms with E-state index in [0.717, 1.165) is 17.5 Å². The maximum Gasteiger partial charge on any atom is 0.246 e. The van der Waals surface area contributed by atoms with Crippen LogP contribution in [0.5, 0.6) is 0 Å². The third kappa shape index (κ3) is 10.1. The van der Waals surface area contributed by atoms with Crippen molar-refractivity contribution in [3.8, 4) is 0 Å². The molecule has 0 heterocycles. The first-order chi connectivity index (χ1) is 17.7. The normalized spacial score (nSPS) is 11.3. The van der Waals surface area contributed by atoms with Crippen LogP contribution in [0.25, 0.3) is 0 Å². The van der Waals surface area contributed by atoms with Crippen molar-refractivity contribution >= 4 is 18.1 Å². The van der Waals surface area contributed by atoms with Gasteiger partial charge in [0.25, 0.3) is 0 Å². The summed E-state index contributed by atoms with van der Waals surface area (Å²) in [7, 11) is 1.69. The summed E-state index contributed by atoms with van der Waals surface area (Å²) in [5, 5.41) is 5.82. The molecule has 37 heavy (non-hydrogen) atoms. The van der Waals surface area contributed by atoms with Gasteiger partial charge in [-0.3, -0.25) is 9.59 Å². The number of rotatable bonds is 14. The number of carbonyl (C=O) groups is 3. The standard InChI is InChI=1S/C23H31NO2.C7H13NO3/c1-18(2)23(19-12-8-6-9-13-19,20-14-10-7-11-15-20)21(25)24-16-22(3,4)17-26-5;1-2-3-8-7(10)6-11-5-4-9/h6-15,18H,16-17H2,1-5H3,(H,24,25);4H,2-3,5-6H2,1H3,(H,8,10). The van der Waals surface area contributed by atoms with Gasteiger partial charge in [-0.1, -0.05) is 95.3 Å². The van der Waals surface area contributed by atoms with E-state index in [1.807, 2.05) is 67.6 Å². The summed E-state index contributed by atoms with van der Waals surface area (Å²) < 4.78 is 9.95. The fourth-order valence-electron chi connectivity index (χ4n) is 4.18. The lowest BCUT2D eigenvalue weighted by atomic mass is 9.66. The van der Waals surface area contributed by atoms with Crippen molar-refractivity contribution < 1.29 is 23.9 Å². The molecule has 0 unspecified atom stereocenters. The van der Waals surface area contributed by atoms with Gasteiger partial charge in [0.1, 0.15) is 24.9 Å². The zero-order valence-electron chi connectivity index (χ0n) is 23.2. The molecule has 0 bridgehead atoms. The smallest absolute Gasteiger partial charge is 0.246 e. The predicted molar refractivity (Wildman–Crippen MR) is 147 cm³/mol. The fourth-order valence-corrected chi connectivity index (χ4v) is 4.18. The number of hydrogen-bond acceptors (Lipinski definition) is 5. The molecule has 7 heteroatoms. The SMILES string of the molecule is CCCNC(=O)COCC=O.COCC(C)(C)CNC(=O)C(c1ccccc1)(c1ccccc1)C(C)C. The molecule has 0 aliphatic heterocycles. The first-order valence-corrected chi connectivity index (χ1v) is 12.8. The average molecular weight is 513 g/mol. The Morgan fingerprint density at radius 3 is 1.92 bits per heavy atom. The molecule has 0 spiro atoms. The number of aldehydes is 1. The van der Waals surface area contributed by atoms with Gasteiger partial charge in [0.2, 0.25) is 11.8 Å². The van der Waals surface area contributed by atoms with Crippen LogP contribution in [0.4, 0.5) is 0 Å². The van der Waals surface area contributed by atoms with Gasteiger partial charge in [-0.05, 0) is 23.5 Å². The first kappa shape index (κ1) is 32.0. The fraction of sp³-hybridized carbons (Fsp3) is 0.500. The Labute approximate surface area is 222 Å². The molecule has 2 aromatic rings. The molecular weight excluding hydrogens is 468 g/mol. The molecule has 0 saturated heterocycles. The lowest BCUT2D eigenvalue weighted by molar-refractivity contribution is -0.128. The molecule has 2 N–H and O–H groups in total. The van der Waals surface area contributed by atoms with E-state index in [1.165, 1.54) is 0 Å². The highest BCUT2D eigenvalue weighted by Crippen LogP contribution is 2.39. The van der Waals surface area contributed by atoms with Crippen LogP contribution >= 0.6 is 0 Å². The Balaban J connectivity index is 0.000000525.